The van der Waals surface area contributed by atoms with E-state index < -0.39 is 0 Å². The average Bonchev–Trinajstić information content (AvgIpc) is 3.08. The number of anilines is 1. The summed E-state index contributed by atoms with van der Waals surface area (Å²) in [6, 6.07) is 0. The van der Waals surface area contributed by atoms with Crippen LogP contribution in [0.1, 0.15) is 30.7 Å². The Kier molecular flexibility index (Phi) is 10.2. The van der Waals surface area contributed by atoms with E-state index >= 15 is 0 Å². The van der Waals surface area contributed by atoms with Crippen LogP contribution < -0.4 is 27.8 Å². The quantitative estimate of drug-likeness (QED) is 0.213. The van der Waals surface area contributed by atoms with Gasteiger partial charge in [-0.05, 0) is 37.5 Å². The Morgan fingerprint density at radius 2 is 1.93 bits per heavy atom. The van der Waals surface area contributed by atoms with Crippen molar-refractivity contribution in [2.24, 2.45) is 22.2 Å². The van der Waals surface area contributed by atoms with Gasteiger partial charge in [-0.15, -0.1) is 10.2 Å². The molecule has 9 nitrogen and oxygen atoms in total. The van der Waals surface area contributed by atoms with Crippen LogP contribution in [-0.2, 0) is 11.2 Å². The lowest BCUT2D eigenvalue weighted by Crippen LogP contribution is -2.15. The van der Waals surface area contributed by atoms with E-state index in [9.17, 15) is 4.79 Å². The Labute approximate surface area is 163 Å². The van der Waals surface area contributed by atoms with Gasteiger partial charge in [-0.25, -0.2) is 0 Å². The smallest absolute Gasteiger partial charge is 0.232 e. The number of allylic oxidation sites excluding steroid dienone is 4. The molecule has 27 heavy (non-hydrogen) atoms. The normalized spacial score (nSPS) is 13.2. The van der Waals surface area contributed by atoms with E-state index in [2.05, 4.69) is 25.8 Å². The van der Waals surface area contributed by atoms with Crippen LogP contribution in [0, 0.1) is 0 Å². The van der Waals surface area contributed by atoms with E-state index in [0.29, 0.717) is 16.6 Å². The molecule has 0 saturated carbocycles. The van der Waals surface area contributed by atoms with Crippen LogP contribution in [0.2, 0.25) is 0 Å². The molecule has 148 valence electrons. The molecule has 0 aliphatic carbocycles. The highest BCUT2D eigenvalue weighted by Crippen LogP contribution is 2.18. The molecule has 1 aromatic heterocycles. The number of carbonyl (C=O) groups is 1. The predicted octanol–water partition coefficient (Wildman–Crippen LogP) is 0.985. The van der Waals surface area contributed by atoms with Gasteiger partial charge in [0.2, 0.25) is 11.0 Å². The second kappa shape index (κ2) is 12.5. The lowest BCUT2D eigenvalue weighted by Gasteiger charge is -2.01. The highest BCUT2D eigenvalue weighted by molar-refractivity contribution is 7.15. The van der Waals surface area contributed by atoms with Crippen LogP contribution >= 0.6 is 11.3 Å². The maximum atomic E-state index is 11.9. The number of nitrogens with one attached hydrogen (secondary N) is 2. The van der Waals surface area contributed by atoms with Crippen molar-refractivity contribution in [2.75, 3.05) is 19.4 Å². The third-order valence-corrected chi connectivity index (χ3v) is 4.29. The molecule has 1 amide bonds. The number of hydrogen-bond acceptors (Lipinski definition) is 9. The van der Waals surface area contributed by atoms with E-state index in [4.69, 9.17) is 17.2 Å². The van der Waals surface area contributed by atoms with Gasteiger partial charge in [-0.1, -0.05) is 11.3 Å². The van der Waals surface area contributed by atoms with Gasteiger partial charge >= 0.3 is 0 Å². The lowest BCUT2D eigenvalue weighted by atomic mass is 10.1. The molecule has 1 aromatic rings. The van der Waals surface area contributed by atoms with Gasteiger partial charge in [0.05, 0.1) is 12.2 Å². The summed E-state index contributed by atoms with van der Waals surface area (Å²) in [5.41, 5.74) is 18.5. The molecule has 0 radical (unpaired) electrons. The number of unbranched alkanes of at least 4 members (excludes halogenated alkanes) is 1. The molecule has 0 aromatic carbocycles. The first kappa shape index (κ1) is 22.2. The third-order valence-electron chi connectivity index (χ3n) is 3.39. The number of nitrogens with zero attached hydrogens (tertiary/aromatic N) is 3. The van der Waals surface area contributed by atoms with Crippen molar-refractivity contribution in [1.29, 1.82) is 0 Å². The second-order valence-electron chi connectivity index (χ2n) is 5.70. The Morgan fingerprint density at radius 3 is 2.63 bits per heavy atom. The topological polar surface area (TPSA) is 157 Å². The van der Waals surface area contributed by atoms with E-state index in [-0.39, 0.29) is 12.3 Å². The van der Waals surface area contributed by atoms with E-state index in [1.54, 1.807) is 38.5 Å². The molecule has 0 atom stereocenters. The molecule has 0 fully saturated rings. The molecule has 10 heteroatoms. The van der Waals surface area contributed by atoms with Crippen molar-refractivity contribution in [1.82, 2.24) is 15.5 Å². The zero-order chi connectivity index (χ0) is 20.1. The Bertz CT molecular complexity index is 720. The number of aryl methyl sites for hydroxylation is 1. The Morgan fingerprint density at radius 1 is 1.15 bits per heavy atom. The monoisotopic (exact) mass is 392 g/mol. The minimum absolute atomic E-state index is 0.0824. The fourth-order valence-corrected chi connectivity index (χ4v) is 2.75. The molecule has 0 unspecified atom stereocenters. The number of rotatable bonds is 11. The molecule has 0 aliphatic rings. The highest BCUT2D eigenvalue weighted by atomic mass is 32.1. The van der Waals surface area contributed by atoms with Crippen LogP contribution in [0.15, 0.2) is 40.4 Å². The SMILES string of the molecule is CN=CC=C(N)CC(=O)Nc1nnc(CCCC/C(N)=C/C=C(\N)NC)s1. The van der Waals surface area contributed by atoms with Gasteiger partial charge < -0.3 is 27.8 Å². The van der Waals surface area contributed by atoms with Crippen LogP contribution in [0.25, 0.3) is 0 Å². The highest BCUT2D eigenvalue weighted by Gasteiger charge is 2.09. The average molecular weight is 393 g/mol. The van der Waals surface area contributed by atoms with Crippen LogP contribution in [0.5, 0.6) is 0 Å². The lowest BCUT2D eigenvalue weighted by molar-refractivity contribution is -0.115. The van der Waals surface area contributed by atoms with Gasteiger partial charge in [-0.3, -0.25) is 9.79 Å². The maximum absolute atomic E-state index is 11.9. The summed E-state index contributed by atoms with van der Waals surface area (Å²) < 4.78 is 0. The summed E-state index contributed by atoms with van der Waals surface area (Å²) in [4.78, 5) is 15.7. The number of hydrogen-bond donors (Lipinski definition) is 5. The molecule has 1 rings (SSSR count). The fraction of sp³-hybridized carbons (Fsp3) is 0.412. The summed E-state index contributed by atoms with van der Waals surface area (Å²) in [7, 11) is 3.38. The van der Waals surface area contributed by atoms with Crippen molar-refractivity contribution in [3.63, 3.8) is 0 Å². The largest absolute Gasteiger partial charge is 0.402 e. The van der Waals surface area contributed by atoms with Gasteiger partial charge in [-0.2, -0.15) is 0 Å². The fourth-order valence-electron chi connectivity index (χ4n) is 1.95. The summed E-state index contributed by atoms with van der Waals surface area (Å²) in [6.45, 7) is 0. The minimum atomic E-state index is -0.234. The summed E-state index contributed by atoms with van der Waals surface area (Å²) >= 11 is 1.36. The first-order chi connectivity index (χ1) is 12.9. The standard InChI is InChI=1S/C17H28N8OS/c1-21-10-9-13(19)11-15(26)23-17-25-24-16(27-17)6-4-3-5-12(18)7-8-14(20)22-2/h7-10,22H,3-6,11,18-20H2,1-2H3,(H,23,25,26)/b12-7-,13-9?,14-8+,21-10?. The van der Waals surface area contributed by atoms with Gasteiger partial charge in [0, 0.05) is 38.1 Å². The van der Waals surface area contributed by atoms with Crippen molar-refractivity contribution < 1.29 is 4.79 Å². The molecule has 1 heterocycles. The number of amides is 1. The van der Waals surface area contributed by atoms with Crippen molar-refractivity contribution >= 4 is 28.6 Å². The number of nitrogens with two attached hydrogens (primary N) is 3. The third kappa shape index (κ3) is 10.00. The second-order valence-corrected chi connectivity index (χ2v) is 6.76. The van der Waals surface area contributed by atoms with E-state index in [1.165, 1.54) is 11.3 Å². The van der Waals surface area contributed by atoms with Gasteiger partial charge in [0.25, 0.3) is 0 Å². The number of aromatic nitrogens is 2. The molecule has 0 bridgehead atoms. The number of carbonyl (C=O) groups excluding carboxylic acids is 1. The summed E-state index contributed by atoms with van der Waals surface area (Å²) in [6.07, 6.45) is 10.2. The van der Waals surface area contributed by atoms with Crippen LogP contribution in [0.4, 0.5) is 5.13 Å². The first-order valence-electron chi connectivity index (χ1n) is 8.53. The summed E-state index contributed by atoms with van der Waals surface area (Å²) in [5.74, 6) is 0.333. The van der Waals surface area contributed by atoms with Crippen molar-refractivity contribution in [3.8, 4) is 0 Å². The van der Waals surface area contributed by atoms with E-state index in [1.807, 2.05) is 0 Å². The Balaban J connectivity index is 2.35. The first-order valence-corrected chi connectivity index (χ1v) is 9.34. The molecular weight excluding hydrogens is 364 g/mol. The maximum Gasteiger partial charge on any atom is 0.232 e. The zero-order valence-corrected chi connectivity index (χ0v) is 16.6. The van der Waals surface area contributed by atoms with Crippen molar-refractivity contribution in [3.05, 3.63) is 40.5 Å². The van der Waals surface area contributed by atoms with E-state index in [0.717, 1.165) is 36.4 Å². The number of aliphatic imine (C=N–C) groups is 1. The van der Waals surface area contributed by atoms with Crippen molar-refractivity contribution in [2.45, 2.75) is 32.1 Å². The molecule has 0 saturated heterocycles. The van der Waals surface area contributed by atoms with Gasteiger partial charge in [0.15, 0.2) is 0 Å². The zero-order valence-electron chi connectivity index (χ0n) is 15.7. The molecule has 0 aliphatic heterocycles. The minimum Gasteiger partial charge on any atom is -0.402 e. The molecular formula is C17H28N8OS. The molecule has 8 N–H and O–H groups in total. The summed E-state index contributed by atoms with van der Waals surface area (Å²) in [5, 5.41) is 14.9. The predicted molar refractivity (Wildman–Crippen MR) is 111 cm³/mol. The van der Waals surface area contributed by atoms with Crippen LogP contribution in [0.3, 0.4) is 0 Å². The van der Waals surface area contributed by atoms with Crippen LogP contribution in [-0.4, -0.2) is 36.4 Å². The van der Waals surface area contributed by atoms with Gasteiger partial charge in [0.1, 0.15) is 5.01 Å². The Hall–Kier alpha value is -2.88. The molecule has 0 spiro atoms.